The van der Waals surface area contributed by atoms with Crippen molar-refractivity contribution >= 4 is 5.91 Å². The standard InChI is InChI=1S/C19H24N4O2/c24-12-13-2-1-3-14(10-13)19-21-16-7-9-23(11-17(16)22-19)15-4-5-18(25)20-8-6-15/h1-3,10,15,24H,4-9,11-12H2,(H,20,25)(H,21,22)/t15-/m1/s1. The van der Waals surface area contributed by atoms with Crippen molar-refractivity contribution in [3.63, 3.8) is 0 Å². The Balaban J connectivity index is 1.51. The molecule has 3 heterocycles. The first-order valence-electron chi connectivity index (χ1n) is 9.01. The van der Waals surface area contributed by atoms with Gasteiger partial charge in [0.1, 0.15) is 5.82 Å². The average molecular weight is 340 g/mol. The Hall–Kier alpha value is -2.18. The third-order valence-electron chi connectivity index (χ3n) is 5.27. The first kappa shape index (κ1) is 16.3. The zero-order valence-electron chi connectivity index (χ0n) is 14.3. The number of carbonyl (C=O) groups is 1. The number of benzene rings is 1. The van der Waals surface area contributed by atoms with Gasteiger partial charge in [0.2, 0.25) is 5.91 Å². The van der Waals surface area contributed by atoms with Gasteiger partial charge in [-0.2, -0.15) is 0 Å². The molecule has 0 radical (unpaired) electrons. The van der Waals surface area contributed by atoms with Crippen LogP contribution in [0.25, 0.3) is 11.4 Å². The molecule has 2 aromatic rings. The number of aromatic amines is 1. The van der Waals surface area contributed by atoms with Crippen molar-refractivity contribution in [2.45, 2.75) is 44.9 Å². The van der Waals surface area contributed by atoms with Gasteiger partial charge >= 0.3 is 0 Å². The van der Waals surface area contributed by atoms with E-state index in [4.69, 9.17) is 4.98 Å². The molecule has 3 N–H and O–H groups in total. The Kier molecular flexibility index (Phi) is 4.55. The second-order valence-electron chi connectivity index (χ2n) is 6.92. The van der Waals surface area contributed by atoms with Crippen LogP contribution in [0.15, 0.2) is 24.3 Å². The van der Waals surface area contributed by atoms with Crippen LogP contribution in [0, 0.1) is 0 Å². The largest absolute Gasteiger partial charge is 0.392 e. The number of rotatable bonds is 3. The van der Waals surface area contributed by atoms with Gasteiger partial charge in [0.25, 0.3) is 0 Å². The fourth-order valence-electron chi connectivity index (χ4n) is 3.85. The molecule has 1 aromatic heterocycles. The molecule has 2 aliphatic heterocycles. The van der Waals surface area contributed by atoms with Gasteiger partial charge in [-0.1, -0.05) is 18.2 Å². The van der Waals surface area contributed by atoms with E-state index in [-0.39, 0.29) is 12.5 Å². The molecule has 0 unspecified atom stereocenters. The Morgan fingerprint density at radius 3 is 3.08 bits per heavy atom. The van der Waals surface area contributed by atoms with Crippen molar-refractivity contribution in [2.75, 3.05) is 13.1 Å². The molecule has 1 atom stereocenters. The van der Waals surface area contributed by atoms with E-state index in [0.29, 0.717) is 12.5 Å². The molecule has 2 aliphatic rings. The van der Waals surface area contributed by atoms with Crippen LogP contribution in [-0.4, -0.2) is 45.0 Å². The summed E-state index contributed by atoms with van der Waals surface area (Å²) in [6, 6.07) is 8.31. The number of hydrogen-bond acceptors (Lipinski definition) is 4. The van der Waals surface area contributed by atoms with Crippen LogP contribution in [0.4, 0.5) is 0 Å². The summed E-state index contributed by atoms with van der Waals surface area (Å²) in [5, 5.41) is 12.3. The highest BCUT2D eigenvalue weighted by atomic mass is 16.3. The molecule has 1 aromatic carbocycles. The Morgan fingerprint density at radius 2 is 2.20 bits per heavy atom. The van der Waals surface area contributed by atoms with E-state index < -0.39 is 0 Å². The molecule has 6 nitrogen and oxygen atoms in total. The predicted octanol–water partition coefficient (Wildman–Crippen LogP) is 1.60. The van der Waals surface area contributed by atoms with Gasteiger partial charge in [0.15, 0.2) is 0 Å². The van der Waals surface area contributed by atoms with Crippen molar-refractivity contribution in [1.29, 1.82) is 0 Å². The fourth-order valence-corrected chi connectivity index (χ4v) is 3.85. The summed E-state index contributed by atoms with van der Waals surface area (Å²) < 4.78 is 0. The molecule has 4 rings (SSSR count). The summed E-state index contributed by atoms with van der Waals surface area (Å²) >= 11 is 0. The van der Waals surface area contributed by atoms with E-state index in [1.165, 1.54) is 5.69 Å². The monoisotopic (exact) mass is 340 g/mol. The van der Waals surface area contributed by atoms with Gasteiger partial charge in [0.05, 0.1) is 18.0 Å². The molecule has 0 spiro atoms. The number of aliphatic hydroxyl groups excluding tert-OH is 1. The van der Waals surface area contributed by atoms with Crippen LogP contribution in [0.1, 0.15) is 36.2 Å². The van der Waals surface area contributed by atoms with Crippen molar-refractivity contribution in [3.8, 4) is 11.4 Å². The van der Waals surface area contributed by atoms with E-state index >= 15 is 0 Å². The highest BCUT2D eigenvalue weighted by Gasteiger charge is 2.27. The number of nitrogens with one attached hydrogen (secondary N) is 2. The summed E-state index contributed by atoms with van der Waals surface area (Å²) in [4.78, 5) is 22.3. The van der Waals surface area contributed by atoms with Crippen LogP contribution in [-0.2, 0) is 24.4 Å². The molecule has 1 fully saturated rings. The van der Waals surface area contributed by atoms with E-state index in [9.17, 15) is 9.90 Å². The molecule has 132 valence electrons. The van der Waals surface area contributed by atoms with E-state index in [1.54, 1.807) is 0 Å². The van der Waals surface area contributed by atoms with E-state index in [2.05, 4.69) is 15.2 Å². The minimum Gasteiger partial charge on any atom is -0.392 e. The van der Waals surface area contributed by atoms with Crippen molar-refractivity contribution in [1.82, 2.24) is 20.2 Å². The molecular weight excluding hydrogens is 316 g/mol. The highest BCUT2D eigenvalue weighted by Crippen LogP contribution is 2.26. The number of H-pyrrole nitrogens is 1. The normalized spacial score (nSPS) is 21.5. The molecule has 0 saturated carbocycles. The highest BCUT2D eigenvalue weighted by molar-refractivity contribution is 5.76. The summed E-state index contributed by atoms with van der Waals surface area (Å²) in [6.45, 7) is 2.67. The van der Waals surface area contributed by atoms with Gasteiger partial charge < -0.3 is 15.4 Å². The van der Waals surface area contributed by atoms with Gasteiger partial charge in [-0.15, -0.1) is 0 Å². The van der Waals surface area contributed by atoms with Gasteiger partial charge in [-0.25, -0.2) is 4.98 Å². The molecule has 25 heavy (non-hydrogen) atoms. The van der Waals surface area contributed by atoms with Crippen LogP contribution < -0.4 is 5.32 Å². The maximum absolute atomic E-state index is 11.6. The van der Waals surface area contributed by atoms with Crippen LogP contribution in [0.5, 0.6) is 0 Å². The number of hydrogen-bond donors (Lipinski definition) is 3. The quantitative estimate of drug-likeness (QED) is 0.793. The maximum atomic E-state index is 11.6. The van der Waals surface area contributed by atoms with Crippen LogP contribution in [0.3, 0.4) is 0 Å². The lowest BCUT2D eigenvalue weighted by atomic mass is 10.0. The lowest BCUT2D eigenvalue weighted by molar-refractivity contribution is -0.120. The lowest BCUT2D eigenvalue weighted by Gasteiger charge is -2.33. The van der Waals surface area contributed by atoms with Crippen LogP contribution in [0.2, 0.25) is 0 Å². The van der Waals surface area contributed by atoms with Crippen molar-refractivity contribution in [3.05, 3.63) is 41.2 Å². The molecular formula is C19H24N4O2. The molecule has 1 amide bonds. The first-order chi connectivity index (χ1) is 12.2. The second-order valence-corrected chi connectivity index (χ2v) is 6.92. The molecule has 0 bridgehead atoms. The number of aliphatic hydroxyl groups is 1. The smallest absolute Gasteiger partial charge is 0.220 e. The number of imidazole rings is 1. The summed E-state index contributed by atoms with van der Waals surface area (Å²) in [6.07, 6.45) is 3.50. The number of nitrogens with zero attached hydrogens (tertiary/aromatic N) is 2. The SMILES string of the molecule is O=C1CC[C@@H](N2CCc3nc(-c4cccc(CO)c4)[nH]c3C2)CCN1. The Morgan fingerprint density at radius 1 is 1.28 bits per heavy atom. The molecule has 6 heteroatoms. The summed E-state index contributed by atoms with van der Waals surface area (Å²) in [7, 11) is 0. The first-order valence-corrected chi connectivity index (χ1v) is 9.01. The predicted molar refractivity (Wildman–Crippen MR) is 94.7 cm³/mol. The zero-order valence-corrected chi connectivity index (χ0v) is 14.3. The minimum atomic E-state index is 0.0382. The van der Waals surface area contributed by atoms with Crippen molar-refractivity contribution < 1.29 is 9.90 Å². The minimum absolute atomic E-state index is 0.0382. The topological polar surface area (TPSA) is 81.2 Å². The maximum Gasteiger partial charge on any atom is 0.220 e. The average Bonchev–Trinajstić information content (AvgIpc) is 2.96. The van der Waals surface area contributed by atoms with E-state index in [1.807, 2.05) is 24.3 Å². The number of aromatic nitrogens is 2. The number of carbonyl (C=O) groups excluding carboxylic acids is 1. The van der Waals surface area contributed by atoms with Gasteiger partial charge in [-0.3, -0.25) is 9.69 Å². The number of fused-ring (bicyclic) bond motifs is 1. The van der Waals surface area contributed by atoms with Gasteiger partial charge in [0, 0.05) is 44.1 Å². The molecule has 0 aliphatic carbocycles. The van der Waals surface area contributed by atoms with Crippen molar-refractivity contribution in [2.24, 2.45) is 0 Å². The van der Waals surface area contributed by atoms with Crippen LogP contribution >= 0.6 is 0 Å². The van der Waals surface area contributed by atoms with Gasteiger partial charge in [-0.05, 0) is 24.5 Å². The Labute approximate surface area is 147 Å². The van der Waals surface area contributed by atoms with E-state index in [0.717, 1.165) is 61.5 Å². The summed E-state index contributed by atoms with van der Waals surface area (Å²) in [5.74, 6) is 1.05. The third-order valence-corrected chi connectivity index (χ3v) is 5.27. The Bertz CT molecular complexity index is 771. The zero-order chi connectivity index (χ0) is 17.2. The summed E-state index contributed by atoms with van der Waals surface area (Å²) in [5.41, 5.74) is 4.23. The second kappa shape index (κ2) is 6.98. The molecule has 1 saturated heterocycles. The number of amides is 1. The fraction of sp³-hybridized carbons (Fsp3) is 0.474. The lowest BCUT2D eigenvalue weighted by Crippen LogP contribution is -2.39. The third kappa shape index (κ3) is 3.45.